The first-order valence-corrected chi connectivity index (χ1v) is 12.1. The maximum absolute atomic E-state index is 7.54. The van der Waals surface area contributed by atoms with Gasteiger partial charge in [0.05, 0.1) is 0 Å². The molecule has 0 spiro atoms. The molecule has 4 aromatic rings. The summed E-state index contributed by atoms with van der Waals surface area (Å²) < 4.78 is 7.54. The number of hydrogen-bond acceptors (Lipinski definition) is 1. The third kappa shape index (κ3) is 2.00. The summed E-state index contributed by atoms with van der Waals surface area (Å²) in [6.45, 7) is 0. The second-order valence-electron chi connectivity index (χ2n) is 9.97. The Balaban J connectivity index is 1.51. The maximum atomic E-state index is 7.54. The quantitative estimate of drug-likeness (QED) is 0.313. The highest BCUT2D eigenvalue weighted by Crippen LogP contribution is 2.74. The van der Waals surface area contributed by atoms with E-state index < -0.39 is 11.2 Å². The summed E-state index contributed by atoms with van der Waals surface area (Å²) in [7, 11) is 0. The summed E-state index contributed by atoms with van der Waals surface area (Å²) in [4.78, 5) is 0. The molecule has 2 aliphatic heterocycles. The highest BCUT2D eigenvalue weighted by Gasteiger charge is 2.71. The fraction of sp³-hybridized carbons (Fsp3) is 0.188. The SMILES string of the molecule is C1=C2[C@@H]([C@H]3C[C@@H]1c1ccccc13)[C@@]1(c3ccccc3)O[C@]2(c2ccccc2)c2ccccc21. The Kier molecular flexibility index (Phi) is 3.35. The van der Waals surface area contributed by atoms with Gasteiger partial charge in [0.25, 0.3) is 0 Å². The lowest BCUT2D eigenvalue weighted by atomic mass is 9.57. The number of rotatable bonds is 2. The van der Waals surface area contributed by atoms with Crippen LogP contribution in [-0.4, -0.2) is 0 Å². The topological polar surface area (TPSA) is 9.23 Å². The highest BCUT2D eigenvalue weighted by molar-refractivity contribution is 5.67. The van der Waals surface area contributed by atoms with Crippen LogP contribution in [0, 0.1) is 5.92 Å². The van der Waals surface area contributed by atoms with E-state index in [0.29, 0.717) is 11.8 Å². The summed E-state index contributed by atoms with van der Waals surface area (Å²) in [5.41, 5.74) is 8.65. The molecule has 1 nitrogen and oxygen atoms in total. The molecule has 4 aliphatic rings. The molecule has 1 fully saturated rings. The molecule has 0 unspecified atom stereocenters. The van der Waals surface area contributed by atoms with Crippen LogP contribution in [0.15, 0.2) is 121 Å². The van der Waals surface area contributed by atoms with Crippen LogP contribution in [0.4, 0.5) is 0 Å². The largest absolute Gasteiger partial charge is 0.345 e. The zero-order valence-electron chi connectivity index (χ0n) is 18.3. The van der Waals surface area contributed by atoms with E-state index in [0.717, 1.165) is 0 Å². The summed E-state index contributed by atoms with van der Waals surface area (Å²) in [6, 6.07) is 40.0. The molecule has 1 saturated heterocycles. The zero-order chi connectivity index (χ0) is 21.6. The third-order valence-electron chi connectivity index (χ3n) is 8.67. The van der Waals surface area contributed by atoms with Gasteiger partial charge in [0.15, 0.2) is 0 Å². The van der Waals surface area contributed by atoms with Gasteiger partial charge in [-0.2, -0.15) is 0 Å². The molecule has 2 heterocycles. The first-order valence-electron chi connectivity index (χ1n) is 12.1. The van der Waals surface area contributed by atoms with Crippen molar-refractivity contribution in [2.45, 2.75) is 29.5 Å². The summed E-state index contributed by atoms with van der Waals surface area (Å²) in [5.74, 6) is 1.22. The lowest BCUT2D eigenvalue weighted by molar-refractivity contribution is -0.0505. The Hall–Kier alpha value is -3.42. The predicted molar refractivity (Wildman–Crippen MR) is 130 cm³/mol. The monoisotopic (exact) mass is 424 g/mol. The van der Waals surface area contributed by atoms with Gasteiger partial charge in [-0.05, 0) is 51.3 Å². The first-order chi connectivity index (χ1) is 16.3. The number of fused-ring (bicyclic) bond motifs is 14. The molecule has 0 amide bonds. The van der Waals surface area contributed by atoms with Gasteiger partial charge < -0.3 is 4.74 Å². The molecule has 4 aromatic carbocycles. The van der Waals surface area contributed by atoms with Gasteiger partial charge in [-0.25, -0.2) is 0 Å². The molecule has 8 rings (SSSR count). The summed E-state index contributed by atoms with van der Waals surface area (Å²) in [5, 5.41) is 0. The van der Waals surface area contributed by atoms with Crippen molar-refractivity contribution in [2.24, 2.45) is 5.92 Å². The minimum Gasteiger partial charge on any atom is -0.345 e. The molecule has 2 aliphatic carbocycles. The van der Waals surface area contributed by atoms with Gasteiger partial charge >= 0.3 is 0 Å². The molecule has 0 aromatic heterocycles. The van der Waals surface area contributed by atoms with E-state index in [1.54, 1.807) is 0 Å². The molecule has 4 bridgehead atoms. The summed E-state index contributed by atoms with van der Waals surface area (Å²) in [6.07, 6.45) is 3.76. The Bertz CT molecular complexity index is 1440. The van der Waals surface area contributed by atoms with Gasteiger partial charge in [0.1, 0.15) is 11.2 Å². The van der Waals surface area contributed by atoms with E-state index in [1.807, 2.05) is 0 Å². The number of ether oxygens (including phenoxy) is 1. The molecule has 0 N–H and O–H groups in total. The molecule has 158 valence electrons. The number of hydrogen-bond donors (Lipinski definition) is 0. The van der Waals surface area contributed by atoms with Crippen LogP contribution in [0.1, 0.15) is 51.6 Å². The Labute approximate surface area is 194 Å². The maximum Gasteiger partial charge on any atom is 0.142 e. The van der Waals surface area contributed by atoms with E-state index in [2.05, 4.69) is 115 Å². The van der Waals surface area contributed by atoms with Gasteiger partial charge in [-0.15, -0.1) is 0 Å². The van der Waals surface area contributed by atoms with Crippen molar-refractivity contribution >= 4 is 0 Å². The Morgan fingerprint density at radius 2 is 1.21 bits per heavy atom. The molecule has 5 atom stereocenters. The molecular formula is C32H24O. The molecule has 1 heteroatoms. The molecular weight excluding hydrogens is 400 g/mol. The van der Waals surface area contributed by atoms with Crippen LogP contribution < -0.4 is 0 Å². The second kappa shape index (κ2) is 6.12. The average Bonchev–Trinajstić information content (AvgIpc) is 3.49. The third-order valence-corrected chi connectivity index (χ3v) is 8.67. The van der Waals surface area contributed by atoms with Crippen LogP contribution >= 0.6 is 0 Å². The van der Waals surface area contributed by atoms with E-state index in [1.165, 1.54) is 45.4 Å². The number of allylic oxidation sites excluding steroid dienone is 1. The fourth-order valence-corrected chi connectivity index (χ4v) is 7.61. The van der Waals surface area contributed by atoms with Crippen LogP contribution in [0.2, 0.25) is 0 Å². The second-order valence-corrected chi connectivity index (χ2v) is 9.97. The van der Waals surface area contributed by atoms with E-state index in [4.69, 9.17) is 4.74 Å². The normalized spacial score (nSPS) is 32.1. The van der Waals surface area contributed by atoms with Crippen LogP contribution in [0.25, 0.3) is 0 Å². The average molecular weight is 425 g/mol. The minimum atomic E-state index is -0.530. The standard InChI is InChI=1S/C32H24O/c1-3-11-22(12-4-1)31-27-17-9-10-18-28(27)32(33-31,23-13-5-2-6-14-23)30-26-19-21(20-29(30)31)24-15-7-8-16-25(24)26/h1-18,20-21,26,30H,19H2/t21-,26-,30+,31+,32-/m0/s1. The van der Waals surface area contributed by atoms with Crippen molar-refractivity contribution in [3.05, 3.63) is 154 Å². The van der Waals surface area contributed by atoms with Crippen molar-refractivity contribution in [2.75, 3.05) is 0 Å². The van der Waals surface area contributed by atoms with Gasteiger partial charge in [0, 0.05) is 11.8 Å². The van der Waals surface area contributed by atoms with Crippen LogP contribution in [0.3, 0.4) is 0 Å². The van der Waals surface area contributed by atoms with Crippen molar-refractivity contribution in [3.8, 4) is 0 Å². The van der Waals surface area contributed by atoms with Gasteiger partial charge in [-0.3, -0.25) is 0 Å². The van der Waals surface area contributed by atoms with E-state index in [-0.39, 0.29) is 5.92 Å². The van der Waals surface area contributed by atoms with Crippen LogP contribution in [0.5, 0.6) is 0 Å². The van der Waals surface area contributed by atoms with E-state index >= 15 is 0 Å². The lowest BCUT2D eigenvalue weighted by Crippen LogP contribution is -2.39. The predicted octanol–water partition coefficient (Wildman–Crippen LogP) is 7.04. The minimum absolute atomic E-state index is 0.287. The van der Waals surface area contributed by atoms with Crippen LogP contribution in [-0.2, 0) is 15.9 Å². The van der Waals surface area contributed by atoms with Gasteiger partial charge in [0.2, 0.25) is 0 Å². The van der Waals surface area contributed by atoms with E-state index in [9.17, 15) is 0 Å². The summed E-state index contributed by atoms with van der Waals surface area (Å²) >= 11 is 0. The van der Waals surface area contributed by atoms with Gasteiger partial charge in [-0.1, -0.05) is 115 Å². The Morgan fingerprint density at radius 1 is 0.606 bits per heavy atom. The van der Waals surface area contributed by atoms with Crippen molar-refractivity contribution < 1.29 is 4.74 Å². The zero-order valence-corrected chi connectivity index (χ0v) is 18.3. The lowest BCUT2D eigenvalue weighted by Gasteiger charge is -2.42. The molecule has 0 radical (unpaired) electrons. The highest BCUT2D eigenvalue weighted by atomic mass is 16.5. The van der Waals surface area contributed by atoms with Crippen molar-refractivity contribution in [1.29, 1.82) is 0 Å². The first kappa shape index (κ1) is 18.1. The number of benzene rings is 4. The molecule has 0 saturated carbocycles. The van der Waals surface area contributed by atoms with Crippen molar-refractivity contribution in [1.82, 2.24) is 0 Å². The Morgan fingerprint density at radius 3 is 1.97 bits per heavy atom. The fourth-order valence-electron chi connectivity index (χ4n) is 7.61. The van der Waals surface area contributed by atoms with Crippen molar-refractivity contribution in [3.63, 3.8) is 0 Å². The smallest absolute Gasteiger partial charge is 0.142 e. The molecule has 33 heavy (non-hydrogen) atoms.